The Labute approximate surface area is 205 Å². The largest absolute Gasteiger partial charge is 0.311 e. The molecule has 1 aromatic rings. The first-order chi connectivity index (χ1) is 16.3. The van der Waals surface area contributed by atoms with E-state index in [-0.39, 0.29) is 0 Å². The predicted molar refractivity (Wildman–Crippen MR) is 139 cm³/mol. The molecule has 0 aromatic carbocycles. The number of rotatable bonds is 2. The van der Waals surface area contributed by atoms with Crippen molar-refractivity contribution >= 4 is 11.8 Å². The maximum absolute atomic E-state index is 5.13. The van der Waals surface area contributed by atoms with Crippen molar-refractivity contribution in [2.45, 2.75) is 131 Å². The molecule has 3 saturated carbocycles. The highest BCUT2D eigenvalue weighted by Crippen LogP contribution is 2.34. The fraction of sp³-hybridized carbons (Fsp3) is 0.815. The monoisotopic (exact) mass is 471 g/mol. The lowest BCUT2D eigenvalue weighted by molar-refractivity contribution is 0.266. The van der Waals surface area contributed by atoms with E-state index in [0.717, 1.165) is 31.4 Å². The molecule has 3 fully saturated rings. The van der Waals surface area contributed by atoms with E-state index in [1.807, 2.05) is 0 Å². The summed E-state index contributed by atoms with van der Waals surface area (Å²) in [6.07, 6.45) is 17.5. The third-order valence-electron chi connectivity index (χ3n) is 8.32. The fourth-order valence-corrected chi connectivity index (χ4v) is 7.83. The molecule has 0 radical (unpaired) electrons. The van der Waals surface area contributed by atoms with E-state index in [0.29, 0.717) is 24.2 Å². The van der Waals surface area contributed by atoms with Gasteiger partial charge in [0.1, 0.15) is 0 Å². The Kier molecular flexibility index (Phi) is 9.00. The fourth-order valence-electron chi connectivity index (χ4n) is 6.47. The first kappa shape index (κ1) is 24.1. The van der Waals surface area contributed by atoms with Gasteiger partial charge in [0, 0.05) is 60.5 Å². The molecule has 4 aliphatic rings. The highest BCUT2D eigenvalue weighted by Gasteiger charge is 2.27. The van der Waals surface area contributed by atoms with Gasteiger partial charge in [0.05, 0.1) is 11.4 Å². The number of fused-ring (bicyclic) bond motifs is 4. The van der Waals surface area contributed by atoms with Crippen LogP contribution in [0.1, 0.15) is 94.9 Å². The second kappa shape index (κ2) is 12.3. The van der Waals surface area contributed by atoms with Crippen LogP contribution in [0.3, 0.4) is 0 Å². The van der Waals surface area contributed by atoms with Crippen molar-refractivity contribution in [3.63, 3.8) is 0 Å². The molecule has 2 heterocycles. The zero-order valence-corrected chi connectivity index (χ0v) is 21.2. The van der Waals surface area contributed by atoms with Crippen LogP contribution in [-0.4, -0.2) is 47.5 Å². The van der Waals surface area contributed by atoms with Crippen molar-refractivity contribution < 1.29 is 0 Å². The van der Waals surface area contributed by atoms with Gasteiger partial charge in [-0.1, -0.05) is 44.9 Å². The number of pyridine rings is 1. The molecule has 184 valence electrons. The number of nitrogens with one attached hydrogen (secondary N) is 4. The van der Waals surface area contributed by atoms with Crippen LogP contribution >= 0.6 is 11.8 Å². The quantitative estimate of drug-likeness (QED) is 0.509. The Balaban J connectivity index is 1.34. The third kappa shape index (κ3) is 6.94. The van der Waals surface area contributed by atoms with Crippen LogP contribution in [0.15, 0.2) is 17.0 Å². The Morgan fingerprint density at radius 2 is 1.03 bits per heavy atom. The minimum atomic E-state index is 0.560. The smallest absolute Gasteiger partial charge is 0.0556 e. The van der Waals surface area contributed by atoms with Crippen LogP contribution in [0, 0.1) is 0 Å². The van der Waals surface area contributed by atoms with E-state index in [1.165, 1.54) is 99.8 Å². The Morgan fingerprint density at radius 3 is 1.55 bits per heavy atom. The highest BCUT2D eigenvalue weighted by molar-refractivity contribution is 8.00. The van der Waals surface area contributed by atoms with Crippen LogP contribution in [0.25, 0.3) is 0 Å². The summed E-state index contributed by atoms with van der Waals surface area (Å²) in [7, 11) is 0. The molecule has 6 heteroatoms. The Bertz CT molecular complexity index is 689. The van der Waals surface area contributed by atoms with Gasteiger partial charge in [0.25, 0.3) is 0 Å². The molecule has 4 atom stereocenters. The first-order valence-corrected chi connectivity index (χ1v) is 14.8. The van der Waals surface area contributed by atoms with Crippen LogP contribution in [0.4, 0.5) is 0 Å². The van der Waals surface area contributed by atoms with Gasteiger partial charge in [-0.15, -0.1) is 11.8 Å². The third-order valence-corrected chi connectivity index (χ3v) is 9.63. The summed E-state index contributed by atoms with van der Waals surface area (Å²) < 4.78 is 0. The molecule has 3 aliphatic carbocycles. The van der Waals surface area contributed by atoms with E-state index >= 15 is 0 Å². The van der Waals surface area contributed by atoms with Crippen LogP contribution in [0.5, 0.6) is 0 Å². The zero-order chi connectivity index (χ0) is 22.3. The van der Waals surface area contributed by atoms with Crippen LogP contribution < -0.4 is 21.3 Å². The Morgan fingerprint density at radius 1 is 0.576 bits per heavy atom. The summed E-state index contributed by atoms with van der Waals surface area (Å²) in [6.45, 7) is 3.92. The van der Waals surface area contributed by atoms with Crippen molar-refractivity contribution in [3.8, 4) is 0 Å². The van der Waals surface area contributed by atoms with Crippen molar-refractivity contribution in [2.24, 2.45) is 0 Å². The molecule has 1 aliphatic heterocycles. The molecule has 0 amide bonds. The van der Waals surface area contributed by atoms with Gasteiger partial charge >= 0.3 is 0 Å². The number of hydrogen-bond donors (Lipinski definition) is 4. The van der Waals surface area contributed by atoms with Gasteiger partial charge in [-0.05, 0) is 50.7 Å². The minimum absolute atomic E-state index is 0.560. The number of hydrogen-bond acceptors (Lipinski definition) is 6. The summed E-state index contributed by atoms with van der Waals surface area (Å²) in [5.74, 6) is 0. The van der Waals surface area contributed by atoms with Gasteiger partial charge < -0.3 is 21.3 Å². The average Bonchev–Trinajstić information content (AvgIpc) is 2.86. The summed E-state index contributed by atoms with van der Waals surface area (Å²) in [4.78, 5) is 6.57. The van der Waals surface area contributed by atoms with E-state index in [9.17, 15) is 0 Å². The number of aromatic nitrogens is 1. The maximum atomic E-state index is 5.13. The van der Waals surface area contributed by atoms with Crippen LogP contribution in [-0.2, 0) is 13.1 Å². The molecule has 0 saturated heterocycles. The molecule has 0 spiro atoms. The predicted octanol–water partition coefficient (Wildman–Crippen LogP) is 4.50. The van der Waals surface area contributed by atoms with Crippen molar-refractivity contribution in [1.82, 2.24) is 26.3 Å². The van der Waals surface area contributed by atoms with Gasteiger partial charge in [-0.25, -0.2) is 0 Å². The van der Waals surface area contributed by atoms with Crippen molar-refractivity contribution in [3.05, 3.63) is 23.5 Å². The molecule has 33 heavy (non-hydrogen) atoms. The zero-order valence-electron chi connectivity index (χ0n) is 20.4. The highest BCUT2D eigenvalue weighted by atomic mass is 32.2. The maximum Gasteiger partial charge on any atom is 0.0556 e. The lowest BCUT2D eigenvalue weighted by Crippen LogP contribution is -2.53. The molecule has 1 aromatic heterocycles. The van der Waals surface area contributed by atoms with E-state index < -0.39 is 0 Å². The number of nitrogens with zero attached hydrogens (tertiary/aromatic N) is 1. The van der Waals surface area contributed by atoms with Gasteiger partial charge in [0.2, 0.25) is 0 Å². The topological polar surface area (TPSA) is 61.0 Å². The molecule has 0 unspecified atom stereocenters. The summed E-state index contributed by atoms with van der Waals surface area (Å²) in [6, 6.07) is 7.05. The minimum Gasteiger partial charge on any atom is -0.311 e. The summed E-state index contributed by atoms with van der Waals surface area (Å²) in [5.41, 5.74) is 2.45. The van der Waals surface area contributed by atoms with Gasteiger partial charge in [-0.3, -0.25) is 4.98 Å². The lowest BCUT2D eigenvalue weighted by atomic mass is 9.89. The molecule has 4 N–H and O–H groups in total. The first-order valence-electron chi connectivity index (χ1n) is 13.9. The average molecular weight is 472 g/mol. The molecule has 5 nitrogen and oxygen atoms in total. The van der Waals surface area contributed by atoms with E-state index in [4.69, 9.17) is 4.98 Å². The molecule has 5 rings (SSSR count). The second-order valence-corrected chi connectivity index (χ2v) is 12.2. The molecule has 2 bridgehead atoms. The standard InChI is InChI=1S/C27H45N5S/c1-2-8-22(9-3-1)33-23-16-20-18-30-26-12-6-4-10-24(26)28-14-15-29-25-11-5-7-13-27(25)31-19-21(17-23)32-20/h16-17,22,24-31H,1-15,18-19H2/t24-,25-,26-,27-/m1/s1. The van der Waals surface area contributed by atoms with E-state index in [2.05, 4.69) is 45.2 Å². The Hall–Kier alpha value is -0.660. The van der Waals surface area contributed by atoms with Gasteiger partial charge in [-0.2, -0.15) is 0 Å². The summed E-state index contributed by atoms with van der Waals surface area (Å²) in [5, 5.41) is 16.4. The lowest BCUT2D eigenvalue weighted by Gasteiger charge is -2.34. The normalized spacial score (nSPS) is 32.7. The van der Waals surface area contributed by atoms with Gasteiger partial charge in [0.15, 0.2) is 0 Å². The SMILES string of the molecule is c1c(SC2CCCCC2)cc2nc1CN[C@@H]1CCCC[C@H]1NCCN[C@@H]1CCCC[C@H]1NC2. The van der Waals surface area contributed by atoms with Crippen molar-refractivity contribution in [1.29, 1.82) is 0 Å². The molecular weight excluding hydrogens is 426 g/mol. The van der Waals surface area contributed by atoms with E-state index in [1.54, 1.807) is 0 Å². The van der Waals surface area contributed by atoms with Crippen LogP contribution in [0.2, 0.25) is 0 Å². The van der Waals surface area contributed by atoms with Crippen molar-refractivity contribution in [2.75, 3.05) is 13.1 Å². The second-order valence-electron chi connectivity index (χ2n) is 10.8. The molecular formula is C27H45N5S. The summed E-state index contributed by atoms with van der Waals surface area (Å²) >= 11 is 2.12. The number of thioether (sulfide) groups is 1.